The van der Waals surface area contributed by atoms with Crippen LogP contribution in [0.3, 0.4) is 0 Å². The van der Waals surface area contributed by atoms with Gasteiger partial charge in [-0.05, 0) is 48.4 Å². The van der Waals surface area contributed by atoms with Crippen molar-refractivity contribution in [1.82, 2.24) is 14.9 Å². The third-order valence-corrected chi connectivity index (χ3v) is 4.80. The predicted molar refractivity (Wildman–Crippen MR) is 106 cm³/mol. The van der Waals surface area contributed by atoms with E-state index in [0.717, 1.165) is 11.1 Å². The summed E-state index contributed by atoms with van der Waals surface area (Å²) in [6.07, 6.45) is 3.52. The Kier molecular flexibility index (Phi) is 6.04. The van der Waals surface area contributed by atoms with Crippen molar-refractivity contribution in [2.45, 2.75) is 13.0 Å². The van der Waals surface area contributed by atoms with Crippen LogP contribution >= 0.6 is 23.2 Å². The van der Waals surface area contributed by atoms with Gasteiger partial charge in [-0.25, -0.2) is 4.98 Å². The van der Waals surface area contributed by atoms with Gasteiger partial charge < -0.3 is 14.6 Å². The van der Waals surface area contributed by atoms with Crippen LogP contribution in [0.4, 0.5) is 0 Å². The highest BCUT2D eigenvalue weighted by Gasteiger charge is 2.21. The molecule has 1 unspecified atom stereocenters. The van der Waals surface area contributed by atoms with E-state index in [0.29, 0.717) is 21.6 Å². The second-order valence-electron chi connectivity index (χ2n) is 6.15. The number of benzene rings is 2. The van der Waals surface area contributed by atoms with Crippen molar-refractivity contribution in [2.24, 2.45) is 7.05 Å². The molecule has 0 saturated heterocycles. The molecule has 0 fully saturated rings. The van der Waals surface area contributed by atoms with E-state index in [2.05, 4.69) is 10.3 Å². The second kappa shape index (κ2) is 8.46. The molecule has 0 bridgehead atoms. The van der Waals surface area contributed by atoms with Crippen molar-refractivity contribution in [3.63, 3.8) is 0 Å². The molecule has 3 rings (SSSR count). The van der Waals surface area contributed by atoms with Crippen LogP contribution in [0.1, 0.15) is 23.0 Å². The average Bonchev–Trinajstić information content (AvgIpc) is 3.07. The number of hydrogen-bond donors (Lipinski definition) is 1. The van der Waals surface area contributed by atoms with Crippen LogP contribution in [-0.2, 0) is 11.8 Å². The fraction of sp³-hybridized carbons (Fsp3) is 0.200. The molecule has 1 amide bonds. The molecule has 0 aliphatic rings. The maximum atomic E-state index is 12.5. The molecule has 1 aromatic heterocycles. The van der Waals surface area contributed by atoms with E-state index < -0.39 is 6.04 Å². The molecule has 1 atom stereocenters. The van der Waals surface area contributed by atoms with Gasteiger partial charge in [-0.1, -0.05) is 35.3 Å². The highest BCUT2D eigenvalue weighted by atomic mass is 35.5. The Bertz CT molecular complexity index is 939. The molecular weight excluding hydrogens is 385 g/mol. The molecule has 5 nitrogen and oxygen atoms in total. The number of aromatic nitrogens is 2. The van der Waals surface area contributed by atoms with Gasteiger partial charge in [-0.3, -0.25) is 4.79 Å². The van der Waals surface area contributed by atoms with Gasteiger partial charge in [0, 0.05) is 29.5 Å². The first-order valence-corrected chi connectivity index (χ1v) is 9.10. The first kappa shape index (κ1) is 19.3. The van der Waals surface area contributed by atoms with Crippen LogP contribution in [0.2, 0.25) is 10.0 Å². The number of amides is 1. The summed E-state index contributed by atoms with van der Waals surface area (Å²) < 4.78 is 7.45. The summed E-state index contributed by atoms with van der Waals surface area (Å²) in [4.78, 5) is 16.9. The Labute approximate surface area is 167 Å². The summed E-state index contributed by atoms with van der Waals surface area (Å²) >= 11 is 12.0. The first-order chi connectivity index (χ1) is 12.9. The minimum atomic E-state index is -0.412. The Morgan fingerprint density at radius 3 is 2.59 bits per heavy atom. The normalized spacial score (nSPS) is 11.9. The fourth-order valence-electron chi connectivity index (χ4n) is 2.67. The summed E-state index contributed by atoms with van der Waals surface area (Å²) in [6.45, 7) is 1.77. The molecule has 3 aromatic rings. The van der Waals surface area contributed by atoms with Gasteiger partial charge in [0.05, 0.1) is 0 Å². The Morgan fingerprint density at radius 1 is 1.22 bits per heavy atom. The third kappa shape index (κ3) is 4.81. The molecule has 0 spiro atoms. The number of rotatable bonds is 6. The number of hydrogen-bond acceptors (Lipinski definition) is 3. The van der Waals surface area contributed by atoms with Crippen LogP contribution < -0.4 is 10.1 Å². The number of ether oxygens (including phenoxy) is 1. The van der Waals surface area contributed by atoms with Crippen molar-refractivity contribution in [3.05, 3.63) is 81.9 Å². The van der Waals surface area contributed by atoms with E-state index in [1.807, 2.05) is 36.9 Å². The Morgan fingerprint density at radius 2 is 1.96 bits per heavy atom. The smallest absolute Gasteiger partial charge is 0.258 e. The zero-order valence-corrected chi connectivity index (χ0v) is 16.5. The number of halogens is 2. The molecule has 7 heteroatoms. The van der Waals surface area contributed by atoms with E-state index in [4.69, 9.17) is 27.9 Å². The van der Waals surface area contributed by atoms with Gasteiger partial charge >= 0.3 is 0 Å². The molecule has 0 radical (unpaired) electrons. The average molecular weight is 404 g/mol. The largest absolute Gasteiger partial charge is 0.484 e. The van der Waals surface area contributed by atoms with Crippen LogP contribution in [0.15, 0.2) is 54.9 Å². The van der Waals surface area contributed by atoms with Gasteiger partial charge in [-0.15, -0.1) is 0 Å². The fourth-order valence-corrected chi connectivity index (χ4v) is 2.91. The topological polar surface area (TPSA) is 56.1 Å². The number of aryl methyl sites for hydroxylation is 2. The Balaban J connectivity index is 1.73. The Hall–Kier alpha value is -2.50. The molecule has 0 aliphatic carbocycles. The summed E-state index contributed by atoms with van der Waals surface area (Å²) in [6, 6.07) is 12.2. The van der Waals surface area contributed by atoms with Gasteiger partial charge in [-0.2, -0.15) is 0 Å². The summed E-state index contributed by atoms with van der Waals surface area (Å²) in [5, 5.41) is 4.26. The second-order valence-corrected chi connectivity index (χ2v) is 6.99. The van der Waals surface area contributed by atoms with E-state index in [1.54, 1.807) is 36.5 Å². The van der Waals surface area contributed by atoms with Crippen LogP contribution in [0, 0.1) is 6.92 Å². The maximum Gasteiger partial charge on any atom is 0.258 e. The van der Waals surface area contributed by atoms with Gasteiger partial charge in [0.2, 0.25) is 0 Å². The van der Waals surface area contributed by atoms with E-state index in [-0.39, 0.29) is 12.5 Å². The zero-order valence-electron chi connectivity index (χ0n) is 14.9. The van der Waals surface area contributed by atoms with Gasteiger partial charge in [0.25, 0.3) is 5.91 Å². The van der Waals surface area contributed by atoms with E-state index in [1.165, 1.54) is 0 Å². The third-order valence-electron chi connectivity index (χ3n) is 4.12. The molecule has 0 saturated carbocycles. The van der Waals surface area contributed by atoms with Gasteiger partial charge in [0.1, 0.15) is 17.6 Å². The molecule has 27 heavy (non-hydrogen) atoms. The van der Waals surface area contributed by atoms with Crippen molar-refractivity contribution in [3.8, 4) is 5.75 Å². The lowest BCUT2D eigenvalue weighted by Crippen LogP contribution is -2.34. The summed E-state index contributed by atoms with van der Waals surface area (Å²) in [5.74, 6) is 1.05. The van der Waals surface area contributed by atoms with Crippen molar-refractivity contribution in [2.75, 3.05) is 6.61 Å². The van der Waals surface area contributed by atoms with E-state index in [9.17, 15) is 4.79 Å². The standard InChI is InChI=1S/C20H19Cl2N3O2/c1-13-11-16(7-8-17(13)22)27-12-18(26)24-19(20-23-9-10-25(20)2)14-3-5-15(21)6-4-14/h3-11,19H,12H2,1-2H3,(H,24,26). The van der Waals surface area contributed by atoms with Crippen molar-refractivity contribution < 1.29 is 9.53 Å². The molecular formula is C20H19Cl2N3O2. The number of carbonyl (C=O) groups is 1. The van der Waals surface area contributed by atoms with Crippen molar-refractivity contribution >= 4 is 29.1 Å². The lowest BCUT2D eigenvalue weighted by atomic mass is 10.1. The summed E-state index contributed by atoms with van der Waals surface area (Å²) in [5.41, 5.74) is 1.77. The van der Waals surface area contributed by atoms with Gasteiger partial charge in [0.15, 0.2) is 6.61 Å². The molecule has 1 N–H and O–H groups in total. The molecule has 140 valence electrons. The predicted octanol–water partition coefficient (Wildman–Crippen LogP) is 4.32. The van der Waals surface area contributed by atoms with Crippen LogP contribution in [0.5, 0.6) is 5.75 Å². The highest BCUT2D eigenvalue weighted by Crippen LogP contribution is 2.23. The lowest BCUT2D eigenvalue weighted by Gasteiger charge is -2.19. The SMILES string of the molecule is Cc1cc(OCC(=O)NC(c2ccc(Cl)cc2)c2nccn2C)ccc1Cl. The number of imidazole rings is 1. The molecule has 2 aromatic carbocycles. The maximum absolute atomic E-state index is 12.5. The zero-order chi connectivity index (χ0) is 19.4. The quantitative estimate of drug-likeness (QED) is 0.666. The minimum Gasteiger partial charge on any atom is -0.484 e. The summed E-state index contributed by atoms with van der Waals surface area (Å²) in [7, 11) is 1.88. The number of nitrogens with zero attached hydrogens (tertiary/aromatic N) is 2. The monoisotopic (exact) mass is 403 g/mol. The van der Waals surface area contributed by atoms with Crippen LogP contribution in [0.25, 0.3) is 0 Å². The number of nitrogens with one attached hydrogen (secondary N) is 1. The molecule has 0 aliphatic heterocycles. The highest BCUT2D eigenvalue weighted by molar-refractivity contribution is 6.31. The van der Waals surface area contributed by atoms with Crippen molar-refractivity contribution in [1.29, 1.82) is 0 Å². The number of carbonyl (C=O) groups excluding carboxylic acids is 1. The van der Waals surface area contributed by atoms with E-state index >= 15 is 0 Å². The first-order valence-electron chi connectivity index (χ1n) is 8.35. The van der Waals surface area contributed by atoms with Crippen LogP contribution in [-0.4, -0.2) is 22.1 Å². The lowest BCUT2D eigenvalue weighted by molar-refractivity contribution is -0.123. The molecule has 1 heterocycles. The minimum absolute atomic E-state index is 0.115.